The van der Waals surface area contributed by atoms with Crippen LogP contribution < -0.4 is 5.32 Å². The van der Waals surface area contributed by atoms with Gasteiger partial charge in [0.05, 0.1) is 0 Å². The van der Waals surface area contributed by atoms with Gasteiger partial charge in [0.2, 0.25) is 0 Å². The van der Waals surface area contributed by atoms with Crippen LogP contribution in [0.2, 0.25) is 0 Å². The highest BCUT2D eigenvalue weighted by molar-refractivity contribution is 8.33. The van der Waals surface area contributed by atoms with Gasteiger partial charge in [0, 0.05) is 5.75 Å². The summed E-state index contributed by atoms with van der Waals surface area (Å²) >= 11 is 0. The van der Waals surface area contributed by atoms with Gasteiger partial charge in [0.25, 0.3) is 0 Å². The zero-order valence-electron chi connectivity index (χ0n) is 17.7. The second kappa shape index (κ2) is 12.5. The fourth-order valence-corrected chi connectivity index (χ4v) is 7.63. The van der Waals surface area contributed by atoms with Gasteiger partial charge in [-0.3, -0.25) is 0 Å². The first-order valence-electron chi connectivity index (χ1n) is 10.1. The Morgan fingerprint density at radius 1 is 0.962 bits per heavy atom. The maximum absolute atomic E-state index is 12.1. The minimum absolute atomic E-state index is 0.557. The number of alkyl carbamates (subject to hydrolysis) is 1. The number of rotatable bonds is 13. The van der Waals surface area contributed by atoms with Crippen molar-refractivity contribution in [3.05, 3.63) is 0 Å². The van der Waals surface area contributed by atoms with Gasteiger partial charge in [0.1, 0.15) is 11.6 Å². The van der Waals surface area contributed by atoms with E-state index in [4.69, 9.17) is 4.74 Å². The SMILES string of the molecule is CCCCS(CCCC)(CCCC)C[C@@H](NC(=O)OC(C)(C)C)C(=O)O. The predicted molar refractivity (Wildman–Crippen MR) is 113 cm³/mol. The van der Waals surface area contributed by atoms with Gasteiger partial charge in [0.15, 0.2) is 0 Å². The van der Waals surface area contributed by atoms with E-state index in [2.05, 4.69) is 26.1 Å². The van der Waals surface area contributed by atoms with Crippen LogP contribution in [0.4, 0.5) is 4.79 Å². The lowest BCUT2D eigenvalue weighted by molar-refractivity contribution is -0.138. The zero-order valence-corrected chi connectivity index (χ0v) is 18.5. The lowest BCUT2D eigenvalue weighted by Gasteiger charge is -2.42. The van der Waals surface area contributed by atoms with E-state index in [1.807, 2.05) is 0 Å². The third-order valence-corrected chi connectivity index (χ3v) is 8.81. The molecule has 0 aromatic heterocycles. The number of hydrogen-bond donors (Lipinski definition) is 2. The standard InChI is InChI=1S/C20H41NO4S/c1-7-10-13-26(14-11-8-2,15-12-9-3)16-17(18(22)23)21-19(24)25-20(4,5)6/h17H,7-16H2,1-6H3,(H,21,24)(H,22,23)/t17-/m1/s1. The van der Waals surface area contributed by atoms with Gasteiger partial charge in [-0.05, 0) is 57.3 Å². The molecule has 156 valence electrons. The topological polar surface area (TPSA) is 75.6 Å². The fraction of sp³-hybridized carbons (Fsp3) is 0.900. The minimum Gasteiger partial charge on any atom is -0.480 e. The van der Waals surface area contributed by atoms with Crippen LogP contribution in [-0.4, -0.2) is 51.8 Å². The highest BCUT2D eigenvalue weighted by Crippen LogP contribution is 2.51. The van der Waals surface area contributed by atoms with Crippen LogP contribution in [0.5, 0.6) is 0 Å². The summed E-state index contributed by atoms with van der Waals surface area (Å²) in [7, 11) is -1.07. The molecule has 0 unspecified atom stereocenters. The van der Waals surface area contributed by atoms with Crippen molar-refractivity contribution < 1.29 is 19.4 Å². The van der Waals surface area contributed by atoms with E-state index in [-0.39, 0.29) is 0 Å². The summed E-state index contributed by atoms with van der Waals surface area (Å²) in [5, 5.41) is 12.3. The van der Waals surface area contributed by atoms with Crippen LogP contribution in [0.1, 0.15) is 80.1 Å². The first-order chi connectivity index (χ1) is 12.1. The molecule has 0 heterocycles. The Labute approximate surface area is 162 Å². The molecule has 1 amide bonds. The van der Waals surface area contributed by atoms with Crippen molar-refractivity contribution >= 4 is 22.1 Å². The third kappa shape index (κ3) is 10.9. The number of hydrogen-bond acceptors (Lipinski definition) is 3. The molecule has 0 aliphatic heterocycles. The Morgan fingerprint density at radius 3 is 1.69 bits per heavy atom. The zero-order chi connectivity index (χ0) is 20.2. The van der Waals surface area contributed by atoms with Crippen LogP contribution in [0.15, 0.2) is 0 Å². The van der Waals surface area contributed by atoms with E-state index in [1.165, 1.54) is 0 Å². The quantitative estimate of drug-likeness (QED) is 0.454. The molecule has 1 atom stereocenters. The average Bonchev–Trinajstić information content (AvgIpc) is 2.53. The summed E-state index contributed by atoms with van der Waals surface area (Å²) in [6.45, 7) is 11.9. The lowest BCUT2D eigenvalue weighted by atomic mass is 10.2. The molecule has 0 aromatic rings. The second-order valence-electron chi connectivity index (χ2n) is 8.10. The molecular weight excluding hydrogens is 350 g/mol. The number of carbonyl (C=O) groups is 2. The molecule has 6 heteroatoms. The number of carboxylic acids is 1. The smallest absolute Gasteiger partial charge is 0.408 e. The number of nitrogens with one attached hydrogen (secondary N) is 1. The molecule has 0 spiro atoms. The van der Waals surface area contributed by atoms with Gasteiger partial charge in [-0.15, -0.1) is 0 Å². The molecule has 2 N–H and O–H groups in total. The van der Waals surface area contributed by atoms with Crippen molar-refractivity contribution in [1.29, 1.82) is 0 Å². The van der Waals surface area contributed by atoms with E-state index < -0.39 is 33.7 Å². The molecule has 0 aliphatic rings. The van der Waals surface area contributed by atoms with E-state index in [0.29, 0.717) is 5.75 Å². The van der Waals surface area contributed by atoms with Gasteiger partial charge in [-0.25, -0.2) is 19.6 Å². The molecule has 0 fully saturated rings. The maximum Gasteiger partial charge on any atom is 0.408 e. The summed E-state index contributed by atoms with van der Waals surface area (Å²) in [6, 6.07) is -0.870. The van der Waals surface area contributed by atoms with Gasteiger partial charge in [-0.1, -0.05) is 40.0 Å². The normalized spacial score (nSPS) is 13.9. The lowest BCUT2D eigenvalue weighted by Crippen LogP contribution is -2.47. The average molecular weight is 392 g/mol. The first kappa shape index (κ1) is 25.1. The number of aliphatic carboxylic acids is 1. The summed E-state index contributed by atoms with van der Waals surface area (Å²) in [4.78, 5) is 24.0. The first-order valence-corrected chi connectivity index (χ1v) is 12.4. The minimum atomic E-state index is -1.07. The van der Waals surface area contributed by atoms with E-state index in [9.17, 15) is 14.7 Å². The van der Waals surface area contributed by atoms with Crippen LogP contribution in [0, 0.1) is 0 Å². The summed E-state index contributed by atoms with van der Waals surface area (Å²) < 4.78 is 5.27. The summed E-state index contributed by atoms with van der Waals surface area (Å²) in [5.74, 6) is 2.90. The van der Waals surface area contributed by atoms with E-state index in [1.54, 1.807) is 20.8 Å². The highest BCUT2D eigenvalue weighted by atomic mass is 32.3. The monoisotopic (exact) mass is 391 g/mol. The van der Waals surface area contributed by atoms with Crippen molar-refractivity contribution in [3.8, 4) is 0 Å². The van der Waals surface area contributed by atoms with Crippen molar-refractivity contribution in [2.45, 2.75) is 91.7 Å². The largest absolute Gasteiger partial charge is 0.480 e. The Bertz CT molecular complexity index is 399. The third-order valence-electron chi connectivity index (χ3n) is 4.30. The van der Waals surface area contributed by atoms with Crippen molar-refractivity contribution in [1.82, 2.24) is 5.32 Å². The van der Waals surface area contributed by atoms with E-state index in [0.717, 1.165) is 55.8 Å². The molecule has 0 saturated heterocycles. The molecule has 0 radical (unpaired) electrons. The molecule has 0 saturated carbocycles. The van der Waals surface area contributed by atoms with Crippen molar-refractivity contribution in [2.24, 2.45) is 0 Å². The van der Waals surface area contributed by atoms with Crippen LogP contribution >= 0.6 is 10.0 Å². The summed E-state index contributed by atoms with van der Waals surface area (Å²) in [5.41, 5.74) is -0.635. The van der Waals surface area contributed by atoms with Crippen LogP contribution in [0.25, 0.3) is 0 Å². The van der Waals surface area contributed by atoms with Gasteiger partial charge < -0.3 is 15.2 Å². The Hall–Kier alpha value is -0.910. The van der Waals surface area contributed by atoms with Gasteiger partial charge >= 0.3 is 12.1 Å². The predicted octanol–water partition coefficient (Wildman–Crippen LogP) is 5.17. The number of unbranched alkanes of at least 4 members (excludes halogenated alkanes) is 3. The van der Waals surface area contributed by atoms with Crippen molar-refractivity contribution in [2.75, 3.05) is 23.0 Å². The Kier molecular flexibility index (Phi) is 12.0. The molecule has 0 aromatic carbocycles. The molecule has 0 aliphatic carbocycles. The molecule has 0 bridgehead atoms. The van der Waals surface area contributed by atoms with Crippen LogP contribution in [0.3, 0.4) is 0 Å². The number of amides is 1. The maximum atomic E-state index is 12.1. The molecule has 5 nitrogen and oxygen atoms in total. The summed E-state index contributed by atoms with van der Waals surface area (Å²) in [6.07, 6.45) is 6.09. The number of ether oxygens (including phenoxy) is 1. The molecule has 0 rings (SSSR count). The molecule has 26 heavy (non-hydrogen) atoms. The Morgan fingerprint density at radius 2 is 1.38 bits per heavy atom. The number of carbonyl (C=O) groups excluding carboxylic acids is 1. The Balaban J connectivity index is 5.31. The van der Waals surface area contributed by atoms with Gasteiger partial charge in [-0.2, -0.15) is 0 Å². The number of carboxylic acid groups (broad SMARTS) is 1. The van der Waals surface area contributed by atoms with E-state index >= 15 is 0 Å². The van der Waals surface area contributed by atoms with Crippen LogP contribution in [-0.2, 0) is 9.53 Å². The molecular formula is C20H41NO4S. The fourth-order valence-electron chi connectivity index (χ4n) is 2.89. The van der Waals surface area contributed by atoms with Crippen molar-refractivity contribution in [3.63, 3.8) is 0 Å². The second-order valence-corrected chi connectivity index (χ2v) is 12.1. The highest BCUT2D eigenvalue weighted by Gasteiger charge is 2.32.